The molecule has 0 amide bonds. The Morgan fingerprint density at radius 1 is 1.67 bits per heavy atom. The van der Waals surface area contributed by atoms with Gasteiger partial charge in [0.25, 0.3) is 0 Å². The van der Waals surface area contributed by atoms with E-state index in [-0.39, 0.29) is 0 Å². The fraction of sp³-hybridized carbons (Fsp3) is 0.333. The topological polar surface area (TPSA) is 45.9 Å². The number of aryl methyl sites for hydroxylation is 1. The van der Waals surface area contributed by atoms with E-state index in [0.29, 0.717) is 6.42 Å². The molecule has 0 radical (unpaired) electrons. The van der Waals surface area contributed by atoms with Crippen LogP contribution in [0.25, 0.3) is 0 Å². The van der Waals surface area contributed by atoms with Crippen LogP contribution in [0, 0.1) is 18.3 Å². The molecule has 0 bridgehead atoms. The third kappa shape index (κ3) is 1.54. The van der Waals surface area contributed by atoms with Crippen molar-refractivity contribution < 1.29 is 4.74 Å². The number of nitrogens with zero attached hydrogens (tertiary/aromatic N) is 2. The molecule has 0 N–H and O–H groups in total. The number of nitriles is 1. The lowest BCUT2D eigenvalue weighted by Crippen LogP contribution is -1.95. The van der Waals surface area contributed by atoms with E-state index in [1.807, 2.05) is 6.92 Å². The summed E-state index contributed by atoms with van der Waals surface area (Å²) in [4.78, 5) is 4.06. The summed E-state index contributed by atoms with van der Waals surface area (Å²) < 4.78 is 5.12. The van der Waals surface area contributed by atoms with Gasteiger partial charge in [0.2, 0.25) is 0 Å². The molecule has 62 valence electrons. The number of rotatable bonds is 2. The van der Waals surface area contributed by atoms with E-state index < -0.39 is 0 Å². The smallest absolute Gasteiger partial charge is 0.144 e. The van der Waals surface area contributed by atoms with Crippen LogP contribution in [0.3, 0.4) is 0 Å². The average molecular weight is 162 g/mol. The Morgan fingerprint density at radius 3 is 3.00 bits per heavy atom. The van der Waals surface area contributed by atoms with Gasteiger partial charge >= 0.3 is 0 Å². The van der Waals surface area contributed by atoms with Crippen LogP contribution in [-0.2, 0) is 6.42 Å². The number of aromatic nitrogens is 1. The van der Waals surface area contributed by atoms with Gasteiger partial charge in [-0.05, 0) is 13.0 Å². The standard InChI is InChI=1S/C9H10N2O/c1-7-9(12-2)8(3-5-10)4-6-11-7/h4,6H,3H2,1-2H3. The van der Waals surface area contributed by atoms with Gasteiger partial charge in [-0.15, -0.1) is 0 Å². The number of pyridine rings is 1. The zero-order chi connectivity index (χ0) is 8.97. The molecule has 3 nitrogen and oxygen atoms in total. The summed E-state index contributed by atoms with van der Waals surface area (Å²) in [5.74, 6) is 0.721. The third-order valence-corrected chi connectivity index (χ3v) is 1.64. The second-order valence-corrected chi connectivity index (χ2v) is 2.42. The molecule has 1 rings (SSSR count). The van der Waals surface area contributed by atoms with E-state index in [0.717, 1.165) is 17.0 Å². The molecule has 0 atom stereocenters. The molecule has 0 aliphatic heterocycles. The Bertz CT molecular complexity index is 315. The van der Waals surface area contributed by atoms with Crippen molar-refractivity contribution in [3.8, 4) is 11.8 Å². The predicted molar refractivity (Wildman–Crippen MR) is 44.8 cm³/mol. The largest absolute Gasteiger partial charge is 0.495 e. The predicted octanol–water partition coefficient (Wildman–Crippen LogP) is 1.46. The monoisotopic (exact) mass is 162 g/mol. The maximum absolute atomic E-state index is 8.50. The van der Waals surface area contributed by atoms with E-state index in [9.17, 15) is 0 Å². The van der Waals surface area contributed by atoms with E-state index in [1.165, 1.54) is 0 Å². The number of ether oxygens (including phenoxy) is 1. The highest BCUT2D eigenvalue weighted by atomic mass is 16.5. The molecular formula is C9H10N2O. The minimum Gasteiger partial charge on any atom is -0.495 e. The van der Waals surface area contributed by atoms with Crippen LogP contribution in [0.15, 0.2) is 12.3 Å². The molecule has 1 heterocycles. The summed E-state index contributed by atoms with van der Waals surface area (Å²) in [6, 6.07) is 3.88. The van der Waals surface area contributed by atoms with E-state index >= 15 is 0 Å². The summed E-state index contributed by atoms with van der Waals surface area (Å²) >= 11 is 0. The van der Waals surface area contributed by atoms with E-state index in [4.69, 9.17) is 10.00 Å². The molecule has 0 aliphatic carbocycles. The Labute approximate surface area is 71.6 Å². The minimum absolute atomic E-state index is 0.368. The first kappa shape index (κ1) is 8.54. The van der Waals surface area contributed by atoms with Crippen LogP contribution in [-0.4, -0.2) is 12.1 Å². The van der Waals surface area contributed by atoms with Gasteiger partial charge in [0, 0.05) is 11.8 Å². The summed E-state index contributed by atoms with van der Waals surface area (Å²) in [7, 11) is 1.59. The van der Waals surface area contributed by atoms with Crippen LogP contribution in [0.4, 0.5) is 0 Å². The molecule has 1 aromatic heterocycles. The Morgan fingerprint density at radius 2 is 2.42 bits per heavy atom. The van der Waals surface area contributed by atoms with Gasteiger partial charge in [0.15, 0.2) is 0 Å². The second-order valence-electron chi connectivity index (χ2n) is 2.42. The third-order valence-electron chi connectivity index (χ3n) is 1.64. The first-order valence-corrected chi connectivity index (χ1v) is 3.65. The van der Waals surface area contributed by atoms with Crippen LogP contribution in [0.1, 0.15) is 11.3 Å². The summed E-state index contributed by atoms with van der Waals surface area (Å²) in [6.45, 7) is 1.86. The van der Waals surface area contributed by atoms with Gasteiger partial charge < -0.3 is 4.74 Å². The average Bonchev–Trinajstić information content (AvgIpc) is 2.05. The van der Waals surface area contributed by atoms with E-state index in [2.05, 4.69) is 11.1 Å². The quantitative estimate of drug-likeness (QED) is 0.661. The molecule has 3 heteroatoms. The number of hydrogen-bond acceptors (Lipinski definition) is 3. The highest BCUT2D eigenvalue weighted by Gasteiger charge is 2.05. The minimum atomic E-state index is 0.368. The highest BCUT2D eigenvalue weighted by Crippen LogP contribution is 2.20. The van der Waals surface area contributed by atoms with Crippen LogP contribution in [0.2, 0.25) is 0 Å². The normalized spacial score (nSPS) is 9.08. The van der Waals surface area contributed by atoms with Gasteiger partial charge in [0.1, 0.15) is 5.75 Å². The van der Waals surface area contributed by atoms with Crippen molar-refractivity contribution in [2.75, 3.05) is 7.11 Å². The molecule has 0 fully saturated rings. The van der Waals surface area contributed by atoms with Crippen molar-refractivity contribution in [2.24, 2.45) is 0 Å². The van der Waals surface area contributed by atoms with Crippen molar-refractivity contribution in [3.63, 3.8) is 0 Å². The molecule has 0 unspecified atom stereocenters. The molecule has 12 heavy (non-hydrogen) atoms. The van der Waals surface area contributed by atoms with Crippen LogP contribution in [0.5, 0.6) is 5.75 Å². The van der Waals surface area contributed by atoms with Gasteiger partial charge in [-0.2, -0.15) is 5.26 Å². The van der Waals surface area contributed by atoms with Crippen LogP contribution < -0.4 is 4.74 Å². The second kappa shape index (κ2) is 3.72. The number of methoxy groups -OCH3 is 1. The lowest BCUT2D eigenvalue weighted by molar-refractivity contribution is 0.405. The van der Waals surface area contributed by atoms with Crippen LogP contribution >= 0.6 is 0 Å². The van der Waals surface area contributed by atoms with Crippen molar-refractivity contribution in [1.82, 2.24) is 4.98 Å². The lowest BCUT2D eigenvalue weighted by Gasteiger charge is -2.06. The molecule has 0 aromatic carbocycles. The molecule has 0 spiro atoms. The summed E-state index contributed by atoms with van der Waals surface area (Å²) in [5.41, 5.74) is 1.72. The first-order valence-electron chi connectivity index (χ1n) is 3.65. The Kier molecular flexibility index (Phi) is 2.65. The zero-order valence-electron chi connectivity index (χ0n) is 7.16. The molecule has 1 aromatic rings. The van der Waals surface area contributed by atoms with Gasteiger partial charge in [-0.1, -0.05) is 0 Å². The summed E-state index contributed by atoms with van der Waals surface area (Å²) in [6.07, 6.45) is 2.05. The fourth-order valence-electron chi connectivity index (χ4n) is 1.11. The van der Waals surface area contributed by atoms with Gasteiger partial charge in [-0.3, -0.25) is 4.98 Å². The maximum Gasteiger partial charge on any atom is 0.144 e. The van der Waals surface area contributed by atoms with Crippen molar-refractivity contribution in [1.29, 1.82) is 5.26 Å². The Balaban J connectivity index is 3.11. The highest BCUT2D eigenvalue weighted by molar-refractivity contribution is 5.37. The molecule has 0 saturated heterocycles. The molecular weight excluding hydrogens is 152 g/mol. The number of hydrogen-bond donors (Lipinski definition) is 0. The van der Waals surface area contributed by atoms with Gasteiger partial charge in [0.05, 0.1) is 25.3 Å². The first-order chi connectivity index (χ1) is 5.79. The maximum atomic E-state index is 8.50. The Hall–Kier alpha value is -1.56. The summed E-state index contributed by atoms with van der Waals surface area (Å²) in [5, 5.41) is 8.50. The SMILES string of the molecule is COc1c(CC#N)ccnc1C. The van der Waals surface area contributed by atoms with E-state index in [1.54, 1.807) is 19.4 Å². The van der Waals surface area contributed by atoms with Crippen molar-refractivity contribution in [2.45, 2.75) is 13.3 Å². The molecule has 0 aliphatic rings. The fourth-order valence-corrected chi connectivity index (χ4v) is 1.11. The van der Waals surface area contributed by atoms with Crippen molar-refractivity contribution >= 4 is 0 Å². The zero-order valence-corrected chi connectivity index (χ0v) is 7.16. The van der Waals surface area contributed by atoms with Gasteiger partial charge in [-0.25, -0.2) is 0 Å². The molecule has 0 saturated carbocycles. The lowest BCUT2D eigenvalue weighted by atomic mass is 10.1. The van der Waals surface area contributed by atoms with Crippen molar-refractivity contribution in [3.05, 3.63) is 23.5 Å².